The lowest BCUT2D eigenvalue weighted by molar-refractivity contribution is -0.142. The van der Waals surface area contributed by atoms with E-state index in [1.807, 2.05) is 37.3 Å². The molecule has 2 aromatic rings. The molecule has 4 rings (SSSR count). The van der Waals surface area contributed by atoms with Gasteiger partial charge in [-0.15, -0.1) is 0 Å². The summed E-state index contributed by atoms with van der Waals surface area (Å²) >= 11 is 0. The molecule has 0 heterocycles. The van der Waals surface area contributed by atoms with Crippen LogP contribution in [0.25, 0.3) is 11.1 Å². The van der Waals surface area contributed by atoms with Gasteiger partial charge in [-0.2, -0.15) is 0 Å². The van der Waals surface area contributed by atoms with Gasteiger partial charge in [-0.05, 0) is 56.1 Å². The van der Waals surface area contributed by atoms with Crippen molar-refractivity contribution in [2.45, 2.75) is 39.5 Å². The molecular formula is C27H28O6. The number of phenols is 1. The second kappa shape index (κ2) is 9.02. The Morgan fingerprint density at radius 2 is 1.76 bits per heavy atom. The molecule has 2 aliphatic rings. The van der Waals surface area contributed by atoms with E-state index in [4.69, 9.17) is 0 Å². The summed E-state index contributed by atoms with van der Waals surface area (Å²) in [6.07, 6.45) is 0.789. The average Bonchev–Trinajstić information content (AvgIpc) is 2.74. The predicted octanol–water partition coefficient (Wildman–Crippen LogP) is 3.47. The van der Waals surface area contributed by atoms with Crippen molar-refractivity contribution in [1.29, 1.82) is 0 Å². The third-order valence-corrected chi connectivity index (χ3v) is 7.07. The number of benzene rings is 2. The second-order valence-electron chi connectivity index (χ2n) is 9.40. The molecule has 0 saturated heterocycles. The first-order valence-corrected chi connectivity index (χ1v) is 11.4. The lowest BCUT2D eigenvalue weighted by Crippen LogP contribution is -2.50. The molecule has 1 saturated carbocycles. The number of aromatic hydroxyl groups is 1. The van der Waals surface area contributed by atoms with Crippen molar-refractivity contribution in [2.75, 3.05) is 6.61 Å². The Hall–Kier alpha value is -3.12. The Morgan fingerprint density at radius 3 is 2.39 bits per heavy atom. The van der Waals surface area contributed by atoms with Crippen LogP contribution in [0.1, 0.15) is 47.7 Å². The summed E-state index contributed by atoms with van der Waals surface area (Å²) in [5.74, 6) is -4.68. The van der Waals surface area contributed by atoms with E-state index in [1.165, 1.54) is 6.92 Å². The van der Waals surface area contributed by atoms with E-state index >= 15 is 0 Å². The minimum Gasteiger partial charge on any atom is -0.507 e. The summed E-state index contributed by atoms with van der Waals surface area (Å²) < 4.78 is 0. The van der Waals surface area contributed by atoms with Crippen LogP contribution in [0.5, 0.6) is 5.75 Å². The molecule has 172 valence electrons. The molecule has 2 aliphatic carbocycles. The van der Waals surface area contributed by atoms with Crippen LogP contribution in [0.3, 0.4) is 0 Å². The van der Waals surface area contributed by atoms with Crippen molar-refractivity contribution in [1.82, 2.24) is 0 Å². The predicted molar refractivity (Wildman–Crippen MR) is 122 cm³/mol. The standard InChI is InChI=1S/C27H28O6/c1-14-3-5-16(6-4-14)20-8-7-17-12-19-13-18(9-10-28)22(21(30)11-15(2)29)26(32)24(19)27(33)23(17)25(20)31/h3-8,18-19,22,24,28,31H,9-13H2,1-2H3. The highest BCUT2D eigenvalue weighted by atomic mass is 16.3. The fourth-order valence-corrected chi connectivity index (χ4v) is 5.57. The number of ketones is 4. The molecule has 0 aliphatic heterocycles. The van der Waals surface area contributed by atoms with Gasteiger partial charge in [0.25, 0.3) is 0 Å². The summed E-state index contributed by atoms with van der Waals surface area (Å²) in [6.45, 7) is 3.08. The first-order chi connectivity index (χ1) is 15.7. The molecular weight excluding hydrogens is 420 g/mol. The number of hydrogen-bond acceptors (Lipinski definition) is 6. The molecule has 2 aromatic carbocycles. The molecule has 0 radical (unpaired) electrons. The highest BCUT2D eigenvalue weighted by Gasteiger charge is 2.52. The van der Waals surface area contributed by atoms with Crippen molar-refractivity contribution in [3.63, 3.8) is 0 Å². The number of rotatable bonds is 6. The Morgan fingerprint density at radius 1 is 1.06 bits per heavy atom. The molecule has 4 unspecified atom stereocenters. The highest BCUT2D eigenvalue weighted by molar-refractivity contribution is 6.20. The average molecular weight is 449 g/mol. The fraction of sp³-hybridized carbons (Fsp3) is 0.407. The van der Waals surface area contributed by atoms with Crippen LogP contribution in [0.4, 0.5) is 0 Å². The number of aliphatic hydroxyl groups is 1. The summed E-state index contributed by atoms with van der Waals surface area (Å²) in [6, 6.07) is 11.2. The number of aryl methyl sites for hydroxylation is 1. The molecule has 0 bridgehead atoms. The van der Waals surface area contributed by atoms with Crippen molar-refractivity contribution in [3.8, 4) is 16.9 Å². The Kier molecular flexibility index (Phi) is 6.30. The Bertz CT molecular complexity index is 1130. The number of carbonyl (C=O) groups is 4. The van der Waals surface area contributed by atoms with E-state index in [-0.39, 0.29) is 42.5 Å². The zero-order chi connectivity index (χ0) is 23.9. The van der Waals surface area contributed by atoms with Crippen LogP contribution < -0.4 is 0 Å². The van der Waals surface area contributed by atoms with Crippen molar-refractivity contribution in [3.05, 3.63) is 53.1 Å². The zero-order valence-corrected chi connectivity index (χ0v) is 18.8. The van der Waals surface area contributed by atoms with Crippen LogP contribution >= 0.6 is 0 Å². The van der Waals surface area contributed by atoms with E-state index in [9.17, 15) is 29.4 Å². The number of aliphatic hydroxyl groups excluding tert-OH is 1. The smallest absolute Gasteiger partial charge is 0.177 e. The summed E-state index contributed by atoms with van der Waals surface area (Å²) in [4.78, 5) is 51.4. The highest BCUT2D eigenvalue weighted by Crippen LogP contribution is 2.47. The maximum atomic E-state index is 13.6. The molecule has 6 nitrogen and oxygen atoms in total. The summed E-state index contributed by atoms with van der Waals surface area (Å²) in [5.41, 5.74) is 3.20. The van der Waals surface area contributed by atoms with Gasteiger partial charge in [0, 0.05) is 12.2 Å². The third kappa shape index (κ3) is 4.15. The maximum Gasteiger partial charge on any atom is 0.177 e. The normalized spacial score (nSPS) is 24.2. The van der Waals surface area contributed by atoms with Gasteiger partial charge in [-0.25, -0.2) is 0 Å². The van der Waals surface area contributed by atoms with E-state index in [2.05, 4.69) is 0 Å². The number of hydrogen-bond donors (Lipinski definition) is 2. The van der Waals surface area contributed by atoms with Gasteiger partial charge in [-0.1, -0.05) is 42.0 Å². The molecule has 0 aromatic heterocycles. The molecule has 0 spiro atoms. The lowest BCUT2D eigenvalue weighted by Gasteiger charge is -2.41. The van der Waals surface area contributed by atoms with Gasteiger partial charge >= 0.3 is 0 Å². The Labute approximate surface area is 192 Å². The first-order valence-electron chi connectivity index (χ1n) is 11.4. The summed E-state index contributed by atoms with van der Waals surface area (Å²) in [7, 11) is 0. The number of carbonyl (C=O) groups excluding carboxylic acids is 4. The van der Waals surface area contributed by atoms with Crippen molar-refractivity contribution >= 4 is 23.1 Å². The van der Waals surface area contributed by atoms with Crippen LogP contribution in [0.2, 0.25) is 0 Å². The molecule has 33 heavy (non-hydrogen) atoms. The van der Waals surface area contributed by atoms with Crippen LogP contribution in [0.15, 0.2) is 36.4 Å². The molecule has 2 N–H and O–H groups in total. The lowest BCUT2D eigenvalue weighted by atomic mass is 9.59. The number of Topliss-reactive ketones (excluding diaryl/α,β-unsaturated/α-hetero) is 4. The largest absolute Gasteiger partial charge is 0.507 e. The van der Waals surface area contributed by atoms with Gasteiger partial charge in [0.15, 0.2) is 17.3 Å². The third-order valence-electron chi connectivity index (χ3n) is 7.07. The Balaban J connectivity index is 1.74. The monoisotopic (exact) mass is 448 g/mol. The topological polar surface area (TPSA) is 109 Å². The fourth-order valence-electron chi connectivity index (χ4n) is 5.57. The van der Waals surface area contributed by atoms with Crippen LogP contribution in [-0.2, 0) is 20.8 Å². The van der Waals surface area contributed by atoms with E-state index in [1.54, 1.807) is 6.07 Å². The van der Waals surface area contributed by atoms with Gasteiger partial charge in [0.05, 0.1) is 23.8 Å². The van der Waals surface area contributed by atoms with Gasteiger partial charge in [0.2, 0.25) is 0 Å². The molecule has 0 amide bonds. The van der Waals surface area contributed by atoms with E-state index < -0.39 is 35.1 Å². The number of phenolic OH excluding ortho intramolecular Hbond substituents is 1. The minimum absolute atomic E-state index is 0.142. The maximum absolute atomic E-state index is 13.6. The van der Waals surface area contributed by atoms with Gasteiger partial charge in [0.1, 0.15) is 11.5 Å². The minimum atomic E-state index is -1.07. The quantitative estimate of drug-likeness (QED) is 0.655. The molecule has 4 atom stereocenters. The molecule has 6 heteroatoms. The first kappa shape index (κ1) is 23.1. The van der Waals surface area contributed by atoms with Gasteiger partial charge in [-0.3, -0.25) is 19.2 Å². The zero-order valence-electron chi connectivity index (χ0n) is 18.8. The van der Waals surface area contributed by atoms with Crippen LogP contribution in [0, 0.1) is 30.6 Å². The van der Waals surface area contributed by atoms with Crippen LogP contribution in [-0.4, -0.2) is 40.0 Å². The van der Waals surface area contributed by atoms with E-state index in [0.29, 0.717) is 24.0 Å². The SMILES string of the molecule is CC(=O)CC(=O)C1C(=O)C2C(=O)c3c(ccc(-c4ccc(C)cc4)c3O)CC2CC1CCO. The van der Waals surface area contributed by atoms with Gasteiger partial charge < -0.3 is 10.2 Å². The van der Waals surface area contributed by atoms with Crippen molar-refractivity contribution in [2.24, 2.45) is 23.7 Å². The molecule has 1 fully saturated rings. The van der Waals surface area contributed by atoms with E-state index in [0.717, 1.165) is 11.1 Å². The van der Waals surface area contributed by atoms with Crippen molar-refractivity contribution < 1.29 is 29.4 Å². The second-order valence-corrected chi connectivity index (χ2v) is 9.40. The summed E-state index contributed by atoms with van der Waals surface area (Å²) in [5, 5.41) is 20.6. The number of fused-ring (bicyclic) bond motifs is 2.